The Morgan fingerprint density at radius 1 is 1.37 bits per heavy atom. The Kier molecular flexibility index (Phi) is 3.26. The third-order valence-electron chi connectivity index (χ3n) is 4.34. The Bertz CT molecular complexity index is 485. The van der Waals surface area contributed by atoms with Crippen molar-refractivity contribution in [3.63, 3.8) is 0 Å². The Morgan fingerprint density at radius 2 is 2.21 bits per heavy atom. The fourth-order valence-electron chi connectivity index (χ4n) is 3.39. The number of aromatic nitrogens is 3. The average molecular weight is 264 g/mol. The predicted molar refractivity (Wildman–Crippen MR) is 68.9 cm³/mol. The summed E-state index contributed by atoms with van der Waals surface area (Å²) in [4.78, 5) is 13.8. The van der Waals surface area contributed by atoms with Crippen LogP contribution in [0.1, 0.15) is 56.3 Å². The number of carboxylic acids is 1. The van der Waals surface area contributed by atoms with Crippen LogP contribution in [-0.2, 0) is 11.2 Å². The largest absolute Gasteiger partial charge is 0.480 e. The molecule has 0 radical (unpaired) electrons. The molecule has 1 saturated heterocycles. The molecule has 2 aliphatic rings. The van der Waals surface area contributed by atoms with E-state index in [9.17, 15) is 9.90 Å². The quantitative estimate of drug-likeness (QED) is 0.893. The molecule has 2 unspecified atom stereocenters. The zero-order valence-electron chi connectivity index (χ0n) is 11.2. The van der Waals surface area contributed by atoms with E-state index in [1.807, 2.05) is 4.57 Å². The van der Waals surface area contributed by atoms with Gasteiger partial charge in [-0.1, -0.05) is 6.92 Å². The van der Waals surface area contributed by atoms with Gasteiger partial charge < -0.3 is 5.11 Å². The number of carbonyl (C=O) groups is 1. The van der Waals surface area contributed by atoms with Crippen LogP contribution in [0.3, 0.4) is 0 Å². The Morgan fingerprint density at radius 3 is 2.95 bits per heavy atom. The minimum atomic E-state index is -0.761. The number of rotatable bonds is 3. The monoisotopic (exact) mass is 264 g/mol. The average Bonchev–Trinajstić information content (AvgIpc) is 3.03. The van der Waals surface area contributed by atoms with Gasteiger partial charge in [-0.2, -0.15) is 0 Å². The summed E-state index contributed by atoms with van der Waals surface area (Å²) in [6.45, 7) is 4.19. The predicted octanol–water partition coefficient (Wildman–Crippen LogP) is 1.40. The second-order valence-corrected chi connectivity index (χ2v) is 5.38. The van der Waals surface area contributed by atoms with Gasteiger partial charge in [-0.25, -0.2) is 4.79 Å². The van der Waals surface area contributed by atoms with Crippen LogP contribution in [0.5, 0.6) is 0 Å². The minimum absolute atomic E-state index is 0.242. The van der Waals surface area contributed by atoms with Crippen molar-refractivity contribution in [3.05, 3.63) is 11.6 Å². The van der Waals surface area contributed by atoms with E-state index in [0.717, 1.165) is 50.4 Å². The normalized spacial score (nSPS) is 27.4. The van der Waals surface area contributed by atoms with Gasteiger partial charge in [0.2, 0.25) is 0 Å². The van der Waals surface area contributed by atoms with Crippen molar-refractivity contribution >= 4 is 5.97 Å². The Labute approximate surface area is 112 Å². The van der Waals surface area contributed by atoms with Crippen molar-refractivity contribution in [1.82, 2.24) is 19.7 Å². The topological polar surface area (TPSA) is 71.2 Å². The van der Waals surface area contributed by atoms with Gasteiger partial charge in [-0.3, -0.25) is 9.47 Å². The molecule has 0 saturated carbocycles. The summed E-state index contributed by atoms with van der Waals surface area (Å²) in [6, 6.07) is -0.237. The second-order valence-electron chi connectivity index (χ2n) is 5.38. The van der Waals surface area contributed by atoms with E-state index in [0.29, 0.717) is 6.42 Å². The summed E-state index contributed by atoms with van der Waals surface area (Å²) in [6.07, 6.45) is 4.62. The molecular formula is C13H20N4O2. The second kappa shape index (κ2) is 4.92. The molecule has 2 atom stereocenters. The molecule has 0 bridgehead atoms. The Hall–Kier alpha value is -1.43. The molecule has 1 aromatic heterocycles. The molecule has 0 spiro atoms. The van der Waals surface area contributed by atoms with E-state index in [2.05, 4.69) is 22.0 Å². The lowest BCUT2D eigenvalue weighted by atomic mass is 10.0. The van der Waals surface area contributed by atoms with Gasteiger partial charge in [0.1, 0.15) is 11.9 Å². The van der Waals surface area contributed by atoms with E-state index in [1.54, 1.807) is 0 Å². The smallest absolute Gasteiger partial charge is 0.326 e. The number of aryl methyl sites for hydroxylation is 1. The van der Waals surface area contributed by atoms with Crippen molar-refractivity contribution in [1.29, 1.82) is 0 Å². The lowest BCUT2D eigenvalue weighted by Crippen LogP contribution is -2.31. The third-order valence-corrected chi connectivity index (χ3v) is 4.34. The molecule has 19 heavy (non-hydrogen) atoms. The van der Waals surface area contributed by atoms with Crippen LogP contribution in [0.15, 0.2) is 0 Å². The van der Waals surface area contributed by atoms with Crippen molar-refractivity contribution in [2.24, 2.45) is 0 Å². The van der Waals surface area contributed by atoms with Gasteiger partial charge >= 0.3 is 5.97 Å². The highest BCUT2D eigenvalue weighted by molar-refractivity contribution is 5.72. The molecule has 1 aromatic rings. The van der Waals surface area contributed by atoms with Gasteiger partial charge in [-0.15, -0.1) is 10.2 Å². The zero-order chi connectivity index (χ0) is 13.4. The molecule has 6 nitrogen and oxygen atoms in total. The molecule has 0 aromatic carbocycles. The van der Waals surface area contributed by atoms with Gasteiger partial charge in [0, 0.05) is 6.42 Å². The fraction of sp³-hybridized carbons (Fsp3) is 0.769. The van der Waals surface area contributed by atoms with Crippen LogP contribution in [0, 0.1) is 0 Å². The highest BCUT2D eigenvalue weighted by Crippen LogP contribution is 2.35. The maximum atomic E-state index is 11.4. The zero-order valence-corrected chi connectivity index (χ0v) is 11.2. The minimum Gasteiger partial charge on any atom is -0.480 e. The van der Waals surface area contributed by atoms with Gasteiger partial charge in [0.25, 0.3) is 0 Å². The molecule has 0 aliphatic carbocycles. The number of fused-ring (bicyclic) bond motifs is 1. The SMILES string of the molecule is CCN1CCCC1c1nnc2n1C(C(=O)O)CCC2. The summed E-state index contributed by atoms with van der Waals surface area (Å²) in [5.74, 6) is 0.945. The molecule has 1 N–H and O–H groups in total. The van der Waals surface area contributed by atoms with Crippen molar-refractivity contribution in [2.75, 3.05) is 13.1 Å². The first kappa shape index (κ1) is 12.6. The third kappa shape index (κ3) is 2.04. The van der Waals surface area contributed by atoms with Crippen LogP contribution in [-0.4, -0.2) is 43.8 Å². The van der Waals surface area contributed by atoms with Crippen LogP contribution >= 0.6 is 0 Å². The fourth-order valence-corrected chi connectivity index (χ4v) is 3.39. The van der Waals surface area contributed by atoms with Crippen molar-refractivity contribution < 1.29 is 9.90 Å². The first-order valence-corrected chi connectivity index (χ1v) is 7.13. The molecule has 2 aliphatic heterocycles. The number of hydrogen-bond acceptors (Lipinski definition) is 4. The molecule has 104 valence electrons. The highest BCUT2D eigenvalue weighted by atomic mass is 16.4. The van der Waals surface area contributed by atoms with E-state index >= 15 is 0 Å². The number of aliphatic carboxylic acids is 1. The lowest BCUT2D eigenvalue weighted by molar-refractivity contribution is -0.141. The van der Waals surface area contributed by atoms with E-state index < -0.39 is 12.0 Å². The molecule has 3 rings (SSSR count). The van der Waals surface area contributed by atoms with Crippen molar-refractivity contribution in [3.8, 4) is 0 Å². The molecule has 0 amide bonds. The van der Waals surface area contributed by atoms with Gasteiger partial charge in [-0.05, 0) is 38.8 Å². The maximum Gasteiger partial charge on any atom is 0.326 e. The van der Waals surface area contributed by atoms with Crippen LogP contribution < -0.4 is 0 Å². The van der Waals surface area contributed by atoms with Crippen molar-refractivity contribution in [2.45, 2.75) is 51.1 Å². The summed E-state index contributed by atoms with van der Waals surface area (Å²) in [5.41, 5.74) is 0. The van der Waals surface area contributed by atoms with E-state index in [4.69, 9.17) is 0 Å². The van der Waals surface area contributed by atoms with Gasteiger partial charge in [0.15, 0.2) is 5.82 Å². The first-order valence-electron chi connectivity index (χ1n) is 7.13. The number of carboxylic acid groups (broad SMARTS) is 1. The van der Waals surface area contributed by atoms with E-state index in [1.165, 1.54) is 0 Å². The maximum absolute atomic E-state index is 11.4. The summed E-state index contributed by atoms with van der Waals surface area (Å²) in [7, 11) is 0. The summed E-state index contributed by atoms with van der Waals surface area (Å²) in [5, 5.41) is 17.9. The van der Waals surface area contributed by atoms with E-state index in [-0.39, 0.29) is 6.04 Å². The molecule has 6 heteroatoms. The summed E-state index contributed by atoms with van der Waals surface area (Å²) < 4.78 is 1.89. The van der Waals surface area contributed by atoms with Crippen LogP contribution in [0.25, 0.3) is 0 Å². The molecular weight excluding hydrogens is 244 g/mol. The van der Waals surface area contributed by atoms with Crippen LogP contribution in [0.4, 0.5) is 0 Å². The molecule has 3 heterocycles. The number of hydrogen-bond donors (Lipinski definition) is 1. The van der Waals surface area contributed by atoms with Gasteiger partial charge in [0.05, 0.1) is 6.04 Å². The highest BCUT2D eigenvalue weighted by Gasteiger charge is 2.35. The van der Waals surface area contributed by atoms with Crippen LogP contribution in [0.2, 0.25) is 0 Å². The Balaban J connectivity index is 1.99. The first-order chi connectivity index (χ1) is 9.22. The number of likely N-dealkylation sites (tertiary alicyclic amines) is 1. The number of nitrogens with zero attached hydrogens (tertiary/aromatic N) is 4. The standard InChI is InChI=1S/C13H20N4O2/c1-2-16-8-4-6-9(16)12-15-14-11-7-3-5-10(13(18)19)17(11)12/h9-10H,2-8H2,1H3,(H,18,19). The summed E-state index contributed by atoms with van der Waals surface area (Å²) >= 11 is 0. The lowest BCUT2D eigenvalue weighted by Gasteiger charge is -2.27. The molecule has 1 fully saturated rings.